The average Bonchev–Trinajstić information content (AvgIpc) is 3.49. The van der Waals surface area contributed by atoms with E-state index in [4.69, 9.17) is 19.9 Å². The number of hydrogen-bond donors (Lipinski definition) is 1. The molecule has 2 atom stereocenters. The Kier molecular flexibility index (Phi) is 6.83. The highest BCUT2D eigenvalue weighted by Crippen LogP contribution is 2.29. The van der Waals surface area contributed by atoms with Crippen molar-refractivity contribution in [3.05, 3.63) is 58.2 Å². The van der Waals surface area contributed by atoms with Crippen molar-refractivity contribution >= 4 is 23.5 Å². The summed E-state index contributed by atoms with van der Waals surface area (Å²) in [6.45, 7) is 0.788. The molecule has 38 heavy (non-hydrogen) atoms. The number of aromatic nitrogens is 4. The predicted molar refractivity (Wildman–Crippen MR) is 126 cm³/mol. The van der Waals surface area contributed by atoms with Crippen LogP contribution >= 0.6 is 0 Å². The fourth-order valence-corrected chi connectivity index (χ4v) is 4.11. The zero-order valence-corrected chi connectivity index (χ0v) is 19.9. The lowest BCUT2D eigenvalue weighted by Gasteiger charge is -2.22. The molecular formula is C23H22FN7O7. The van der Waals surface area contributed by atoms with E-state index in [0.717, 1.165) is 0 Å². The van der Waals surface area contributed by atoms with Crippen molar-refractivity contribution in [3.63, 3.8) is 0 Å². The van der Waals surface area contributed by atoms with Gasteiger partial charge in [0.2, 0.25) is 5.91 Å². The maximum atomic E-state index is 14.9. The number of amides is 2. The lowest BCUT2D eigenvalue weighted by molar-refractivity contribution is -0.389. The second-order valence-electron chi connectivity index (χ2n) is 8.73. The van der Waals surface area contributed by atoms with Gasteiger partial charge in [0.25, 0.3) is 0 Å². The average molecular weight is 527 g/mol. The number of cyclic esters (lactones) is 1. The number of nitrogens with two attached hydrogens (primary N) is 1. The molecule has 2 aromatic heterocycles. The molecule has 198 valence electrons. The van der Waals surface area contributed by atoms with Gasteiger partial charge in [-0.15, -0.1) is 0 Å². The van der Waals surface area contributed by atoms with Crippen molar-refractivity contribution in [2.75, 3.05) is 18.1 Å². The Morgan fingerprint density at radius 2 is 2.11 bits per heavy atom. The van der Waals surface area contributed by atoms with Crippen LogP contribution in [-0.2, 0) is 27.4 Å². The van der Waals surface area contributed by atoms with Gasteiger partial charge < -0.3 is 30.1 Å². The summed E-state index contributed by atoms with van der Waals surface area (Å²) < 4.78 is 32.9. The highest BCUT2D eigenvalue weighted by atomic mass is 19.1. The number of anilines is 1. The van der Waals surface area contributed by atoms with Crippen LogP contribution in [0.3, 0.4) is 0 Å². The number of ether oxygens (including phenoxy) is 3. The third-order valence-electron chi connectivity index (χ3n) is 6.03. The van der Waals surface area contributed by atoms with Gasteiger partial charge in [-0.2, -0.15) is 10.2 Å². The number of imidazole rings is 1. The van der Waals surface area contributed by atoms with Gasteiger partial charge in [-0.1, -0.05) is 0 Å². The molecule has 0 spiro atoms. The molecule has 0 unspecified atom stereocenters. The topological polar surface area (TPSA) is 178 Å². The van der Waals surface area contributed by atoms with Crippen LogP contribution in [0.15, 0.2) is 36.5 Å². The molecule has 2 aliphatic rings. The quantitative estimate of drug-likeness (QED) is 0.319. The van der Waals surface area contributed by atoms with Crippen LogP contribution in [0.1, 0.15) is 18.5 Å². The molecular weight excluding hydrogens is 505 g/mol. The van der Waals surface area contributed by atoms with Crippen molar-refractivity contribution in [3.8, 4) is 17.3 Å². The highest BCUT2D eigenvalue weighted by molar-refractivity contribution is 5.90. The zero-order valence-electron chi connectivity index (χ0n) is 19.9. The molecule has 0 bridgehead atoms. The number of nitro groups is 1. The van der Waals surface area contributed by atoms with Crippen LogP contribution in [0.25, 0.3) is 11.3 Å². The summed E-state index contributed by atoms with van der Waals surface area (Å²) in [5.74, 6) is -1.39. The lowest BCUT2D eigenvalue weighted by atomic mass is 10.1. The predicted octanol–water partition coefficient (Wildman–Crippen LogP) is 1.96. The van der Waals surface area contributed by atoms with Gasteiger partial charge in [0.05, 0.1) is 36.8 Å². The highest BCUT2D eigenvalue weighted by Gasteiger charge is 2.33. The molecule has 0 radical (unpaired) electrons. The van der Waals surface area contributed by atoms with Gasteiger partial charge >= 0.3 is 17.9 Å². The molecule has 2 aliphatic heterocycles. The molecule has 2 N–H and O–H groups in total. The second kappa shape index (κ2) is 10.4. The van der Waals surface area contributed by atoms with Gasteiger partial charge in [0, 0.05) is 17.0 Å². The van der Waals surface area contributed by atoms with Gasteiger partial charge in [-0.25, -0.2) is 9.18 Å². The van der Waals surface area contributed by atoms with E-state index in [-0.39, 0.29) is 55.4 Å². The normalized spacial score (nSPS) is 18.6. The van der Waals surface area contributed by atoms with Crippen molar-refractivity contribution in [1.29, 1.82) is 0 Å². The summed E-state index contributed by atoms with van der Waals surface area (Å²) in [4.78, 5) is 38.5. The van der Waals surface area contributed by atoms with E-state index in [1.165, 1.54) is 27.8 Å². The summed E-state index contributed by atoms with van der Waals surface area (Å²) in [7, 11) is 0. The maximum absolute atomic E-state index is 14.9. The van der Waals surface area contributed by atoms with E-state index in [1.54, 1.807) is 18.2 Å². The van der Waals surface area contributed by atoms with Gasteiger partial charge in [0.1, 0.15) is 30.8 Å². The maximum Gasteiger partial charge on any atom is 0.414 e. The van der Waals surface area contributed by atoms with Crippen LogP contribution < -0.4 is 15.4 Å². The standard InChI is InChI=1S/C23H22FN7O7/c24-18-7-14(30-9-15(38-23(30)33)3-6-20(25)32)2-4-17(18)19-5-1-13(27-28-19)11-36-16-8-29-10-21(31(34)35)26-22(29)37-12-16/h1-2,4-5,7,10,15-16H,3,6,8-9,11-12H2,(H2,25,32)/t15-,16-/m0/s1. The lowest BCUT2D eigenvalue weighted by Crippen LogP contribution is -2.32. The number of carbonyl (C=O) groups is 2. The monoisotopic (exact) mass is 527 g/mol. The van der Waals surface area contributed by atoms with E-state index in [9.17, 15) is 24.1 Å². The number of fused-ring (bicyclic) bond motifs is 1. The molecule has 15 heteroatoms. The number of rotatable bonds is 9. The Bertz CT molecular complexity index is 1380. The first-order chi connectivity index (χ1) is 18.3. The fraction of sp³-hybridized carbons (Fsp3) is 0.348. The summed E-state index contributed by atoms with van der Waals surface area (Å²) in [6, 6.07) is 7.70. The third-order valence-corrected chi connectivity index (χ3v) is 6.03. The van der Waals surface area contributed by atoms with Crippen molar-refractivity contribution in [2.45, 2.75) is 38.2 Å². The van der Waals surface area contributed by atoms with Gasteiger partial charge in [-0.3, -0.25) is 14.3 Å². The van der Waals surface area contributed by atoms with E-state index in [0.29, 0.717) is 24.3 Å². The minimum absolute atomic E-state index is 0.0869. The minimum Gasteiger partial charge on any atom is -0.444 e. The van der Waals surface area contributed by atoms with Crippen LogP contribution in [-0.4, -0.2) is 62.0 Å². The molecule has 14 nitrogen and oxygen atoms in total. The Labute approximate surface area is 214 Å². The number of benzene rings is 1. The summed E-state index contributed by atoms with van der Waals surface area (Å²) >= 11 is 0. The van der Waals surface area contributed by atoms with E-state index >= 15 is 0 Å². The van der Waals surface area contributed by atoms with E-state index in [1.807, 2.05) is 0 Å². The van der Waals surface area contributed by atoms with Crippen LogP contribution in [0.5, 0.6) is 6.01 Å². The smallest absolute Gasteiger partial charge is 0.414 e. The number of carbonyl (C=O) groups excluding carboxylic acids is 2. The van der Waals surface area contributed by atoms with E-state index in [2.05, 4.69) is 15.2 Å². The first-order valence-electron chi connectivity index (χ1n) is 11.6. The number of primary amides is 1. The molecule has 0 aliphatic carbocycles. The molecule has 1 fully saturated rings. The number of halogens is 1. The minimum atomic E-state index is -0.624. The molecule has 4 heterocycles. The first kappa shape index (κ1) is 25.0. The van der Waals surface area contributed by atoms with E-state index < -0.39 is 28.8 Å². The molecule has 1 aromatic carbocycles. The molecule has 2 amide bonds. The Morgan fingerprint density at radius 3 is 2.82 bits per heavy atom. The molecule has 1 saturated heterocycles. The van der Waals surface area contributed by atoms with Crippen LogP contribution in [0, 0.1) is 15.9 Å². The number of hydrogen-bond acceptors (Lipinski definition) is 10. The van der Waals surface area contributed by atoms with Gasteiger partial charge in [0.15, 0.2) is 0 Å². The fourth-order valence-electron chi connectivity index (χ4n) is 4.11. The van der Waals surface area contributed by atoms with Crippen LogP contribution in [0.4, 0.5) is 20.7 Å². The molecule has 5 rings (SSSR count). The third kappa shape index (κ3) is 5.36. The Morgan fingerprint density at radius 1 is 1.26 bits per heavy atom. The Balaban J connectivity index is 1.18. The second-order valence-corrected chi connectivity index (χ2v) is 8.73. The largest absolute Gasteiger partial charge is 0.444 e. The number of nitrogens with zero attached hydrogens (tertiary/aromatic N) is 6. The van der Waals surface area contributed by atoms with Crippen molar-refractivity contribution < 1.29 is 33.1 Å². The first-order valence-corrected chi connectivity index (χ1v) is 11.6. The Hall–Kier alpha value is -4.66. The zero-order chi connectivity index (χ0) is 26.8. The van der Waals surface area contributed by atoms with Crippen molar-refractivity contribution in [1.82, 2.24) is 19.7 Å². The van der Waals surface area contributed by atoms with Crippen LogP contribution in [0.2, 0.25) is 0 Å². The molecule has 3 aromatic rings. The van der Waals surface area contributed by atoms with Gasteiger partial charge in [-0.05, 0) is 41.7 Å². The summed E-state index contributed by atoms with van der Waals surface area (Å²) in [6.07, 6.45) is 0.166. The molecule has 0 saturated carbocycles. The summed E-state index contributed by atoms with van der Waals surface area (Å²) in [5, 5.41) is 19.1. The summed E-state index contributed by atoms with van der Waals surface area (Å²) in [5.41, 5.74) is 6.44. The van der Waals surface area contributed by atoms with Crippen molar-refractivity contribution in [2.24, 2.45) is 5.73 Å². The SMILES string of the molecule is NC(=O)CC[C@H]1CN(c2ccc(-c3ccc(CO[C@@H]4COc5nc([N+](=O)[O-])cn5C4)nn3)c(F)c2)C(=O)O1.